The van der Waals surface area contributed by atoms with Crippen LogP contribution in [0.2, 0.25) is 0 Å². The van der Waals surface area contributed by atoms with Crippen LogP contribution in [0.5, 0.6) is 5.75 Å². The van der Waals surface area contributed by atoms with E-state index >= 15 is 0 Å². The van der Waals surface area contributed by atoms with Crippen LogP contribution >= 0.6 is 0 Å². The normalized spacial score (nSPS) is 11.1. The summed E-state index contributed by atoms with van der Waals surface area (Å²) >= 11 is 0. The lowest BCUT2D eigenvalue weighted by molar-refractivity contribution is 0.0643. The molecule has 17 heavy (non-hydrogen) atoms. The van der Waals surface area contributed by atoms with Crippen molar-refractivity contribution in [2.24, 2.45) is 0 Å². The Morgan fingerprint density at radius 3 is 2.24 bits per heavy atom. The van der Waals surface area contributed by atoms with E-state index in [1.807, 2.05) is 32.9 Å². The van der Waals surface area contributed by atoms with Gasteiger partial charge in [0.15, 0.2) is 5.60 Å². The van der Waals surface area contributed by atoms with Gasteiger partial charge >= 0.3 is 0 Å². The molecule has 0 heterocycles. The number of aryl methyl sites for hydroxylation is 1. The summed E-state index contributed by atoms with van der Waals surface area (Å²) in [5, 5.41) is 0. The van der Waals surface area contributed by atoms with Crippen molar-refractivity contribution in [3.05, 3.63) is 42.2 Å². The van der Waals surface area contributed by atoms with Gasteiger partial charge in [0.25, 0.3) is 0 Å². The van der Waals surface area contributed by atoms with Gasteiger partial charge in [-0.25, -0.2) is 0 Å². The van der Waals surface area contributed by atoms with E-state index in [4.69, 9.17) is 9.47 Å². The summed E-state index contributed by atoms with van der Waals surface area (Å²) in [5.41, 5.74) is 0.794. The standard InChI is InChI=1S/C15H22O2/c1-6-13-8-10-14(11-9-13)17-15(4,5)12(3)16-7-2/h8-11H,3,6-7H2,1-2,4-5H3. The number of hydrogen-bond acceptors (Lipinski definition) is 2. The largest absolute Gasteiger partial charge is 0.495 e. The Bertz CT molecular complexity index is 363. The van der Waals surface area contributed by atoms with Gasteiger partial charge in [-0.1, -0.05) is 25.6 Å². The average Bonchev–Trinajstić information content (AvgIpc) is 2.30. The summed E-state index contributed by atoms with van der Waals surface area (Å²) < 4.78 is 11.3. The topological polar surface area (TPSA) is 18.5 Å². The summed E-state index contributed by atoms with van der Waals surface area (Å²) in [6.45, 7) is 12.5. The Morgan fingerprint density at radius 1 is 1.18 bits per heavy atom. The van der Waals surface area contributed by atoms with Crippen LogP contribution in [-0.2, 0) is 11.2 Å². The molecule has 2 nitrogen and oxygen atoms in total. The zero-order valence-corrected chi connectivity index (χ0v) is 11.2. The van der Waals surface area contributed by atoms with Gasteiger partial charge < -0.3 is 9.47 Å². The van der Waals surface area contributed by atoms with Gasteiger partial charge in [-0.15, -0.1) is 0 Å². The molecule has 1 aromatic rings. The summed E-state index contributed by atoms with van der Waals surface area (Å²) in [6, 6.07) is 8.13. The summed E-state index contributed by atoms with van der Waals surface area (Å²) in [7, 11) is 0. The van der Waals surface area contributed by atoms with Crippen molar-refractivity contribution < 1.29 is 9.47 Å². The van der Waals surface area contributed by atoms with Gasteiger partial charge in [-0.2, -0.15) is 0 Å². The molecule has 0 unspecified atom stereocenters. The van der Waals surface area contributed by atoms with Gasteiger partial charge in [0, 0.05) is 0 Å². The van der Waals surface area contributed by atoms with Crippen LogP contribution in [-0.4, -0.2) is 12.2 Å². The minimum atomic E-state index is -0.510. The Kier molecular flexibility index (Phi) is 4.62. The SMILES string of the molecule is C=C(OCC)C(C)(C)Oc1ccc(CC)cc1. The quantitative estimate of drug-likeness (QED) is 0.694. The first kappa shape index (κ1) is 13.6. The Balaban J connectivity index is 2.71. The molecule has 0 amide bonds. The van der Waals surface area contributed by atoms with Crippen molar-refractivity contribution in [2.75, 3.05) is 6.61 Å². The highest BCUT2D eigenvalue weighted by Gasteiger charge is 2.25. The smallest absolute Gasteiger partial charge is 0.159 e. The molecule has 1 aromatic carbocycles. The van der Waals surface area contributed by atoms with Crippen molar-refractivity contribution in [1.82, 2.24) is 0 Å². The molecule has 0 saturated carbocycles. The van der Waals surface area contributed by atoms with Crippen LogP contribution in [0.25, 0.3) is 0 Å². The van der Waals surface area contributed by atoms with E-state index in [1.54, 1.807) is 0 Å². The van der Waals surface area contributed by atoms with Crippen LogP contribution in [0.3, 0.4) is 0 Å². The fourth-order valence-corrected chi connectivity index (χ4v) is 1.49. The molecule has 0 atom stereocenters. The lowest BCUT2D eigenvalue weighted by atomic mass is 10.1. The average molecular weight is 234 g/mol. The lowest BCUT2D eigenvalue weighted by Gasteiger charge is -2.28. The lowest BCUT2D eigenvalue weighted by Crippen LogP contribution is -2.31. The minimum absolute atomic E-state index is 0.510. The molecule has 0 aromatic heterocycles. The summed E-state index contributed by atoms with van der Waals surface area (Å²) in [5.74, 6) is 1.49. The monoisotopic (exact) mass is 234 g/mol. The highest BCUT2D eigenvalue weighted by atomic mass is 16.5. The first-order chi connectivity index (χ1) is 7.99. The van der Waals surface area contributed by atoms with E-state index in [-0.39, 0.29) is 0 Å². The molecular weight excluding hydrogens is 212 g/mol. The number of benzene rings is 1. The van der Waals surface area contributed by atoms with Gasteiger partial charge in [0.05, 0.1) is 6.61 Å². The molecule has 0 fully saturated rings. The number of hydrogen-bond donors (Lipinski definition) is 0. The Hall–Kier alpha value is -1.44. The van der Waals surface area contributed by atoms with Crippen LogP contribution in [0, 0.1) is 0 Å². The fourth-order valence-electron chi connectivity index (χ4n) is 1.49. The predicted molar refractivity (Wildman–Crippen MR) is 71.3 cm³/mol. The van der Waals surface area contributed by atoms with Crippen molar-refractivity contribution in [3.63, 3.8) is 0 Å². The van der Waals surface area contributed by atoms with E-state index in [9.17, 15) is 0 Å². The van der Waals surface area contributed by atoms with Crippen molar-refractivity contribution in [2.45, 2.75) is 39.7 Å². The summed E-state index contributed by atoms with van der Waals surface area (Å²) in [6.07, 6.45) is 1.04. The van der Waals surface area contributed by atoms with Crippen LogP contribution in [0.4, 0.5) is 0 Å². The first-order valence-electron chi connectivity index (χ1n) is 6.09. The molecule has 0 aliphatic carbocycles. The molecule has 0 N–H and O–H groups in total. The van der Waals surface area contributed by atoms with Gasteiger partial charge in [0.2, 0.25) is 0 Å². The second-order valence-electron chi connectivity index (χ2n) is 4.47. The zero-order chi connectivity index (χ0) is 12.9. The maximum atomic E-state index is 5.89. The molecule has 0 spiro atoms. The molecule has 0 radical (unpaired) electrons. The molecular formula is C15H22O2. The molecule has 0 aliphatic rings. The van der Waals surface area contributed by atoms with E-state index < -0.39 is 5.60 Å². The van der Waals surface area contributed by atoms with Crippen molar-refractivity contribution in [3.8, 4) is 5.75 Å². The Morgan fingerprint density at radius 2 is 1.76 bits per heavy atom. The predicted octanol–water partition coefficient (Wildman–Crippen LogP) is 3.96. The van der Waals surface area contributed by atoms with Crippen LogP contribution in [0.1, 0.15) is 33.3 Å². The number of ether oxygens (including phenoxy) is 2. The molecule has 1 rings (SSSR count). The van der Waals surface area contributed by atoms with Gasteiger partial charge in [-0.05, 0) is 44.9 Å². The third-order valence-electron chi connectivity index (χ3n) is 2.69. The molecule has 0 bridgehead atoms. The minimum Gasteiger partial charge on any atom is -0.495 e. The van der Waals surface area contributed by atoms with E-state index in [0.29, 0.717) is 12.4 Å². The number of rotatable bonds is 6. The summed E-state index contributed by atoms with van der Waals surface area (Å²) in [4.78, 5) is 0. The van der Waals surface area contributed by atoms with E-state index in [0.717, 1.165) is 12.2 Å². The second kappa shape index (κ2) is 5.76. The first-order valence-corrected chi connectivity index (χ1v) is 6.09. The molecule has 2 heteroatoms. The third-order valence-corrected chi connectivity index (χ3v) is 2.69. The second-order valence-corrected chi connectivity index (χ2v) is 4.47. The fraction of sp³-hybridized carbons (Fsp3) is 0.467. The maximum Gasteiger partial charge on any atom is 0.159 e. The van der Waals surface area contributed by atoms with E-state index in [1.165, 1.54) is 5.56 Å². The van der Waals surface area contributed by atoms with Gasteiger partial charge in [0.1, 0.15) is 11.5 Å². The highest BCUT2D eigenvalue weighted by molar-refractivity contribution is 5.28. The van der Waals surface area contributed by atoms with Gasteiger partial charge in [-0.3, -0.25) is 0 Å². The highest BCUT2D eigenvalue weighted by Crippen LogP contribution is 2.24. The zero-order valence-electron chi connectivity index (χ0n) is 11.2. The molecule has 94 valence electrons. The van der Waals surface area contributed by atoms with Crippen LogP contribution in [0.15, 0.2) is 36.6 Å². The molecule has 0 aliphatic heterocycles. The van der Waals surface area contributed by atoms with Crippen molar-refractivity contribution >= 4 is 0 Å². The molecule has 0 saturated heterocycles. The third kappa shape index (κ3) is 3.81. The van der Waals surface area contributed by atoms with E-state index in [2.05, 4.69) is 25.6 Å². The van der Waals surface area contributed by atoms with Crippen LogP contribution < -0.4 is 4.74 Å². The van der Waals surface area contributed by atoms with Crippen molar-refractivity contribution in [1.29, 1.82) is 0 Å². The maximum absolute atomic E-state index is 5.89. The Labute approximate surface area is 104 Å².